The van der Waals surface area contributed by atoms with Crippen LogP contribution < -0.4 is 5.32 Å². The van der Waals surface area contributed by atoms with Gasteiger partial charge in [0.2, 0.25) is 0 Å². The summed E-state index contributed by atoms with van der Waals surface area (Å²) in [4.78, 5) is 4.81. The molecule has 94 valence electrons. The lowest BCUT2D eigenvalue weighted by molar-refractivity contribution is 0.144. The van der Waals surface area contributed by atoms with Gasteiger partial charge in [0.25, 0.3) is 6.02 Å². The molecule has 0 unspecified atom stereocenters. The van der Waals surface area contributed by atoms with Crippen molar-refractivity contribution in [1.82, 2.24) is 0 Å². The average molecular weight is 242 g/mol. The van der Waals surface area contributed by atoms with Crippen molar-refractivity contribution in [3.63, 3.8) is 0 Å². The molecule has 0 amide bonds. The number of nitrogens with one attached hydrogen (secondary N) is 1. The summed E-state index contributed by atoms with van der Waals surface area (Å²) in [5.74, 6) is 2.38. The van der Waals surface area contributed by atoms with Crippen molar-refractivity contribution in [2.45, 2.75) is 25.3 Å². The monoisotopic (exact) mass is 242 g/mol. The molecule has 2 saturated carbocycles. The molecule has 18 heavy (non-hydrogen) atoms. The largest absolute Gasteiger partial charge is 0.465 e. The van der Waals surface area contributed by atoms with Crippen molar-refractivity contribution < 1.29 is 4.74 Å². The molecular formula is C15H18N2O. The topological polar surface area (TPSA) is 33.6 Å². The zero-order chi connectivity index (χ0) is 11.9. The van der Waals surface area contributed by atoms with Gasteiger partial charge in [-0.2, -0.15) is 0 Å². The van der Waals surface area contributed by atoms with E-state index in [1.54, 1.807) is 0 Å². The Bertz CT molecular complexity index is 471. The lowest BCUT2D eigenvalue weighted by atomic mass is 9.85. The summed E-state index contributed by atoms with van der Waals surface area (Å²) in [6.45, 7) is 0.852. The molecule has 4 rings (SSSR count). The first-order valence-corrected chi connectivity index (χ1v) is 6.93. The molecule has 4 atom stereocenters. The normalized spacial score (nSPS) is 36.8. The molecule has 1 aliphatic heterocycles. The zero-order valence-electron chi connectivity index (χ0n) is 10.4. The third-order valence-electron chi connectivity index (χ3n) is 4.74. The Labute approximate surface area is 107 Å². The fourth-order valence-electron chi connectivity index (χ4n) is 3.88. The van der Waals surface area contributed by atoms with Gasteiger partial charge in [-0.1, -0.05) is 18.2 Å². The Hall–Kier alpha value is -1.51. The molecule has 0 spiro atoms. The number of nitrogens with zero attached hydrogens (tertiary/aromatic N) is 1. The summed E-state index contributed by atoms with van der Waals surface area (Å²) < 4.78 is 5.79. The molecule has 1 aromatic carbocycles. The van der Waals surface area contributed by atoms with Crippen LogP contribution in [0.4, 0.5) is 5.69 Å². The second kappa shape index (κ2) is 4.01. The minimum atomic E-state index is 0.517. The van der Waals surface area contributed by atoms with E-state index in [4.69, 9.17) is 9.73 Å². The Morgan fingerprint density at radius 2 is 1.94 bits per heavy atom. The van der Waals surface area contributed by atoms with Gasteiger partial charge in [-0.15, -0.1) is 0 Å². The number of para-hydroxylation sites is 1. The Morgan fingerprint density at radius 3 is 2.83 bits per heavy atom. The number of benzene rings is 1. The van der Waals surface area contributed by atoms with E-state index in [-0.39, 0.29) is 0 Å². The van der Waals surface area contributed by atoms with Gasteiger partial charge in [0.15, 0.2) is 0 Å². The van der Waals surface area contributed by atoms with Crippen LogP contribution in [-0.2, 0) is 4.74 Å². The molecule has 2 fully saturated rings. The fourth-order valence-corrected chi connectivity index (χ4v) is 3.88. The lowest BCUT2D eigenvalue weighted by Crippen LogP contribution is -2.38. The smallest absolute Gasteiger partial charge is 0.289 e. The molecule has 0 saturated heterocycles. The molecule has 1 aromatic rings. The van der Waals surface area contributed by atoms with Gasteiger partial charge < -0.3 is 10.1 Å². The molecule has 2 bridgehead atoms. The highest BCUT2D eigenvalue weighted by molar-refractivity contribution is 5.89. The number of rotatable bonds is 1. The number of ether oxygens (including phenoxy) is 1. The molecule has 1 N–H and O–H groups in total. The molecule has 3 nitrogen and oxygen atoms in total. The molecule has 2 aliphatic carbocycles. The van der Waals surface area contributed by atoms with Crippen LogP contribution in [0.25, 0.3) is 0 Å². The maximum absolute atomic E-state index is 5.79. The van der Waals surface area contributed by atoms with Crippen molar-refractivity contribution >= 4 is 11.7 Å². The number of anilines is 1. The number of fused-ring (bicyclic) bond motifs is 5. The van der Waals surface area contributed by atoms with Crippen LogP contribution in [-0.4, -0.2) is 18.7 Å². The van der Waals surface area contributed by atoms with Crippen LogP contribution in [0.3, 0.4) is 0 Å². The maximum atomic E-state index is 5.79. The molecular weight excluding hydrogens is 224 g/mol. The number of amidine groups is 1. The first-order chi connectivity index (χ1) is 8.90. The van der Waals surface area contributed by atoms with E-state index >= 15 is 0 Å². The van der Waals surface area contributed by atoms with Gasteiger partial charge >= 0.3 is 0 Å². The minimum Gasteiger partial charge on any atom is -0.465 e. The summed E-state index contributed by atoms with van der Waals surface area (Å²) in [6, 6.07) is 11.4. The highest BCUT2D eigenvalue weighted by Crippen LogP contribution is 2.51. The Kier molecular flexibility index (Phi) is 2.32. The highest BCUT2D eigenvalue weighted by Gasteiger charge is 2.49. The van der Waals surface area contributed by atoms with E-state index in [2.05, 4.69) is 5.32 Å². The predicted molar refractivity (Wildman–Crippen MR) is 71.6 cm³/mol. The standard InChI is InChI=1S/C15H18N2O/c1-2-4-12(5-3-1)16-15-17-14-11-7-6-10(8-11)13(14)9-18-15/h1-5,10-11,13-14H,6-9H2,(H,16,17)/t10-,11+,13+,14-/m0/s1. The van der Waals surface area contributed by atoms with Crippen LogP contribution in [0.15, 0.2) is 35.3 Å². The summed E-state index contributed by atoms with van der Waals surface area (Å²) in [5.41, 5.74) is 1.05. The molecule has 3 aliphatic rings. The predicted octanol–water partition coefficient (Wildman–Crippen LogP) is 2.90. The SMILES string of the molecule is c1ccc(NC2=N[C@H]3[C@@H]4CC[C@@H](C4)[C@H]3CO2)cc1. The van der Waals surface area contributed by atoms with Crippen molar-refractivity contribution in [3.05, 3.63) is 30.3 Å². The first-order valence-electron chi connectivity index (χ1n) is 6.93. The van der Waals surface area contributed by atoms with E-state index in [1.165, 1.54) is 19.3 Å². The van der Waals surface area contributed by atoms with E-state index in [0.717, 1.165) is 30.2 Å². The van der Waals surface area contributed by atoms with Crippen LogP contribution in [0, 0.1) is 17.8 Å². The second-order valence-corrected chi connectivity index (χ2v) is 5.72. The first kappa shape index (κ1) is 10.4. The molecule has 0 aromatic heterocycles. The number of aliphatic imine (C=N–C) groups is 1. The zero-order valence-corrected chi connectivity index (χ0v) is 10.4. The minimum absolute atomic E-state index is 0.517. The van der Waals surface area contributed by atoms with Gasteiger partial charge in [-0.05, 0) is 43.2 Å². The van der Waals surface area contributed by atoms with E-state index in [9.17, 15) is 0 Å². The van der Waals surface area contributed by atoms with Crippen LogP contribution in [0.1, 0.15) is 19.3 Å². The van der Waals surface area contributed by atoms with Gasteiger partial charge in [-0.3, -0.25) is 0 Å². The third-order valence-corrected chi connectivity index (χ3v) is 4.74. The van der Waals surface area contributed by atoms with Crippen molar-refractivity contribution in [1.29, 1.82) is 0 Å². The Morgan fingerprint density at radius 1 is 1.11 bits per heavy atom. The van der Waals surface area contributed by atoms with Gasteiger partial charge in [0.05, 0.1) is 12.6 Å². The summed E-state index contributed by atoms with van der Waals surface area (Å²) in [6.07, 6.45) is 4.14. The maximum Gasteiger partial charge on any atom is 0.289 e. The van der Waals surface area contributed by atoms with Crippen molar-refractivity contribution in [3.8, 4) is 0 Å². The quantitative estimate of drug-likeness (QED) is 0.821. The number of hydrogen-bond donors (Lipinski definition) is 1. The average Bonchev–Trinajstić information content (AvgIpc) is 3.01. The van der Waals surface area contributed by atoms with Crippen molar-refractivity contribution in [2.24, 2.45) is 22.7 Å². The molecule has 0 radical (unpaired) electrons. The summed E-state index contributed by atoms with van der Waals surface area (Å²) in [7, 11) is 0. The summed E-state index contributed by atoms with van der Waals surface area (Å²) in [5, 5.41) is 3.28. The number of hydrogen-bond acceptors (Lipinski definition) is 3. The summed E-state index contributed by atoms with van der Waals surface area (Å²) >= 11 is 0. The van der Waals surface area contributed by atoms with Crippen LogP contribution in [0.2, 0.25) is 0 Å². The highest BCUT2D eigenvalue weighted by atomic mass is 16.5. The molecule has 1 heterocycles. The van der Waals surface area contributed by atoms with Crippen LogP contribution >= 0.6 is 0 Å². The fraction of sp³-hybridized carbons (Fsp3) is 0.533. The lowest BCUT2D eigenvalue weighted by Gasteiger charge is -2.32. The van der Waals surface area contributed by atoms with Gasteiger partial charge in [0, 0.05) is 11.6 Å². The second-order valence-electron chi connectivity index (χ2n) is 5.72. The Balaban J connectivity index is 1.54. The third kappa shape index (κ3) is 1.61. The van der Waals surface area contributed by atoms with E-state index in [0.29, 0.717) is 12.0 Å². The van der Waals surface area contributed by atoms with Crippen molar-refractivity contribution in [2.75, 3.05) is 11.9 Å². The van der Waals surface area contributed by atoms with Gasteiger partial charge in [-0.25, -0.2) is 4.99 Å². The van der Waals surface area contributed by atoms with Gasteiger partial charge in [0.1, 0.15) is 0 Å². The van der Waals surface area contributed by atoms with Crippen LogP contribution in [0.5, 0.6) is 0 Å². The van der Waals surface area contributed by atoms with E-state index < -0.39 is 0 Å². The van der Waals surface area contributed by atoms with E-state index in [1.807, 2.05) is 30.3 Å². The molecule has 3 heteroatoms.